The van der Waals surface area contributed by atoms with Gasteiger partial charge in [-0.25, -0.2) is 22.7 Å². The molecule has 3 aliphatic heterocycles. The third-order valence-electron chi connectivity index (χ3n) is 16.8. The van der Waals surface area contributed by atoms with Gasteiger partial charge in [0.15, 0.2) is 5.65 Å². The number of piperidine rings is 2. The Kier molecular flexibility index (Phi) is 15.1. The molecule has 0 aliphatic carbocycles. The fourth-order valence-corrected chi connectivity index (χ4v) is 12.2. The smallest absolute Gasteiger partial charge is 0.171 e. The molecule has 21 heteroatoms. The molecule has 434 valence electrons. The van der Waals surface area contributed by atoms with E-state index in [4.69, 9.17) is 0 Å². The maximum absolute atomic E-state index is 15.1. The molecular weight excluding hydrogens is 1100 g/mol. The third kappa shape index (κ3) is 11.4. The molecule has 1 unspecified atom stereocenters. The molecule has 10 heterocycles. The first kappa shape index (κ1) is 56.1. The molecule has 87 heavy (non-hydrogen) atoms. The van der Waals surface area contributed by atoms with Crippen LogP contribution in [0, 0.1) is 54.0 Å². The zero-order chi connectivity index (χ0) is 60.0. The molecule has 12 aromatic rings. The van der Waals surface area contributed by atoms with Crippen LogP contribution < -0.4 is 10.6 Å². The Bertz CT molecular complexity index is 4790. The summed E-state index contributed by atoms with van der Waals surface area (Å²) in [5.74, 6) is -0.0392. The molecule has 0 saturated carbocycles. The lowest BCUT2D eigenvalue weighted by atomic mass is 9.89. The van der Waals surface area contributed by atoms with E-state index in [2.05, 4.69) is 85.6 Å². The number of likely N-dealkylation sites (tertiary alicyclic amines) is 1. The predicted molar refractivity (Wildman–Crippen MR) is 328 cm³/mol. The van der Waals surface area contributed by atoms with E-state index in [0.717, 1.165) is 115 Å². The van der Waals surface area contributed by atoms with Gasteiger partial charge >= 0.3 is 0 Å². The van der Waals surface area contributed by atoms with Crippen molar-refractivity contribution < 1.29 is 13.2 Å². The van der Waals surface area contributed by atoms with E-state index >= 15 is 4.39 Å². The second kappa shape index (κ2) is 23.4. The molecular formula is C66H59F3N18. The van der Waals surface area contributed by atoms with Crippen LogP contribution in [0.15, 0.2) is 116 Å². The summed E-state index contributed by atoms with van der Waals surface area (Å²) >= 11 is 0. The number of hydrogen-bond acceptors (Lipinski definition) is 15. The first-order valence-electron chi connectivity index (χ1n) is 29.0. The molecule has 2 saturated heterocycles. The summed E-state index contributed by atoms with van der Waals surface area (Å²) < 4.78 is 49.9. The van der Waals surface area contributed by atoms with Crippen molar-refractivity contribution in [1.82, 2.24) is 80.3 Å². The second-order valence-electron chi connectivity index (χ2n) is 22.9. The Morgan fingerprint density at radius 2 is 1.13 bits per heavy atom. The molecule has 0 amide bonds. The number of nitrogens with one attached hydrogen (secondary N) is 2. The number of fused-ring (bicyclic) bond motifs is 6. The molecule has 3 aliphatic rings. The highest BCUT2D eigenvalue weighted by molar-refractivity contribution is 5.92. The van der Waals surface area contributed by atoms with Gasteiger partial charge in [0.1, 0.15) is 35.1 Å². The molecule has 2 fully saturated rings. The van der Waals surface area contributed by atoms with E-state index in [9.17, 15) is 19.3 Å². The Balaban J connectivity index is 0.000000121. The zero-order valence-corrected chi connectivity index (χ0v) is 48.6. The fourth-order valence-electron chi connectivity index (χ4n) is 12.2. The van der Waals surface area contributed by atoms with Gasteiger partial charge in [-0.15, -0.1) is 20.4 Å². The lowest BCUT2D eigenvalue weighted by Crippen LogP contribution is -2.29. The number of imidazole rings is 1. The number of nitriles is 2. The highest BCUT2D eigenvalue weighted by atomic mass is 19.1. The van der Waals surface area contributed by atoms with Crippen LogP contribution >= 0.6 is 0 Å². The first-order valence-corrected chi connectivity index (χ1v) is 29.0. The topological polar surface area (TPSA) is 218 Å². The monoisotopic (exact) mass is 1160 g/mol. The molecule has 7 aromatic heterocycles. The van der Waals surface area contributed by atoms with E-state index in [0.29, 0.717) is 95.0 Å². The minimum atomic E-state index is -0.367. The van der Waals surface area contributed by atoms with Crippen LogP contribution in [0.3, 0.4) is 0 Å². The average molecular weight is 1160 g/mol. The van der Waals surface area contributed by atoms with Crippen molar-refractivity contribution in [3.8, 4) is 45.9 Å². The normalized spacial score (nSPS) is 15.8. The molecule has 15 rings (SSSR count). The SMILES string of the molecule is Cc1cc(-c2cc3c(F)cc(C4CCNCC4)cc3nn2)cc2cn(C)nc12.Cc1cn2nc(-c3cc(F)c4cc(C5CCN(C)CC5)nnc4c3)cc(C#N)c2n1.Cn1cc2cc(-c3cc4c(F)cc(C5C=CNCC5)cc4nn3)cc(C#N)c2n1. The van der Waals surface area contributed by atoms with Gasteiger partial charge in [-0.2, -0.15) is 36.0 Å². The lowest BCUT2D eigenvalue weighted by Gasteiger charge is -2.28. The Morgan fingerprint density at radius 1 is 0.529 bits per heavy atom. The minimum absolute atomic E-state index is 0.169. The van der Waals surface area contributed by atoms with Gasteiger partial charge in [-0.3, -0.25) is 9.36 Å². The number of benzene rings is 5. The number of aryl methyl sites for hydroxylation is 4. The summed E-state index contributed by atoms with van der Waals surface area (Å²) in [6.45, 7) is 8.70. The highest BCUT2D eigenvalue weighted by Crippen LogP contribution is 2.35. The van der Waals surface area contributed by atoms with Crippen LogP contribution in [0.4, 0.5) is 13.2 Å². The van der Waals surface area contributed by atoms with Crippen LogP contribution in [-0.4, -0.2) is 109 Å². The lowest BCUT2D eigenvalue weighted by molar-refractivity contribution is 0.253. The van der Waals surface area contributed by atoms with Crippen LogP contribution in [0.5, 0.6) is 0 Å². The summed E-state index contributed by atoms with van der Waals surface area (Å²) in [6, 6.07) is 29.3. The predicted octanol–water partition coefficient (Wildman–Crippen LogP) is 11.4. The van der Waals surface area contributed by atoms with E-state index in [-0.39, 0.29) is 23.4 Å². The molecule has 0 radical (unpaired) electrons. The summed E-state index contributed by atoms with van der Waals surface area (Å²) in [6.07, 6.45) is 14.5. The highest BCUT2D eigenvalue weighted by Gasteiger charge is 2.24. The van der Waals surface area contributed by atoms with Crippen LogP contribution in [0.1, 0.15) is 89.1 Å². The first-order chi connectivity index (χ1) is 42.2. The molecule has 2 N–H and O–H groups in total. The van der Waals surface area contributed by atoms with Crippen LogP contribution in [0.2, 0.25) is 0 Å². The molecule has 0 bridgehead atoms. The fraction of sp³-hybridized carbons (Fsp3) is 0.273. The maximum atomic E-state index is 15.1. The van der Waals surface area contributed by atoms with Crippen molar-refractivity contribution in [2.24, 2.45) is 14.1 Å². The number of halogens is 3. The van der Waals surface area contributed by atoms with Crippen molar-refractivity contribution in [2.75, 3.05) is 39.8 Å². The number of rotatable bonds is 6. The Morgan fingerprint density at radius 3 is 1.80 bits per heavy atom. The number of nitrogens with zero attached hydrogens (tertiary/aromatic N) is 16. The minimum Gasteiger partial charge on any atom is -0.391 e. The molecule has 1 atom stereocenters. The van der Waals surface area contributed by atoms with Crippen molar-refractivity contribution in [2.45, 2.75) is 63.7 Å². The van der Waals surface area contributed by atoms with Gasteiger partial charge in [0.2, 0.25) is 0 Å². The average Bonchev–Trinajstić information content (AvgIpc) is 2.31. The standard InChI is InChI=1S/C22H20FN7.C22H17FN6.C22H22FN5/c1-13-12-30-22(25-13)16(11-24)9-20(28-30)15-7-18(23)17-10-19(26-27-21(17)8-15)14-3-5-29(2)6-4-14;1-29-12-17-7-15(6-16(11-24)22(17)28-29)20-10-18-19(23)8-14(9-21(18)27-26-20)13-2-4-25-5-3-13;1-13-7-16(8-17-12-28(2)27-22(13)17)20-11-18-19(23)9-15(10-21(18)26-25-20)14-3-5-24-6-4-14/h7-10,12,14H,3-6H2,1-2H3;2,4,6-10,12-13,25H,3,5H2,1H3;7-12,14,24H,3-6H2,1-2H3. The van der Waals surface area contributed by atoms with Gasteiger partial charge < -0.3 is 15.5 Å². The molecule has 18 nitrogen and oxygen atoms in total. The van der Waals surface area contributed by atoms with Crippen LogP contribution in [-0.2, 0) is 14.1 Å². The number of allylic oxidation sites excluding steroid dienone is 1. The van der Waals surface area contributed by atoms with Gasteiger partial charge in [0.25, 0.3) is 0 Å². The van der Waals surface area contributed by atoms with Gasteiger partial charge in [-0.05, 0) is 193 Å². The van der Waals surface area contributed by atoms with E-state index < -0.39 is 0 Å². The maximum Gasteiger partial charge on any atom is 0.171 e. The summed E-state index contributed by atoms with van der Waals surface area (Å²) in [5, 5.41) is 68.1. The molecule has 5 aromatic carbocycles. The largest absolute Gasteiger partial charge is 0.391 e. The summed E-state index contributed by atoms with van der Waals surface area (Å²) in [4.78, 5) is 6.61. The molecule has 0 spiro atoms. The third-order valence-corrected chi connectivity index (χ3v) is 16.8. The van der Waals surface area contributed by atoms with Crippen LogP contribution in [0.25, 0.3) is 93.9 Å². The van der Waals surface area contributed by atoms with E-state index in [1.54, 1.807) is 69.6 Å². The van der Waals surface area contributed by atoms with Gasteiger partial charge in [0.05, 0.1) is 67.9 Å². The van der Waals surface area contributed by atoms with E-state index in [1.165, 1.54) is 6.07 Å². The summed E-state index contributed by atoms with van der Waals surface area (Å²) in [5.41, 5.74) is 13.0. The van der Waals surface area contributed by atoms with Crippen molar-refractivity contribution in [3.63, 3.8) is 0 Å². The quantitative estimate of drug-likeness (QED) is 0.158. The van der Waals surface area contributed by atoms with Crippen molar-refractivity contribution in [3.05, 3.63) is 172 Å². The van der Waals surface area contributed by atoms with Crippen molar-refractivity contribution in [1.29, 1.82) is 10.5 Å². The second-order valence-corrected chi connectivity index (χ2v) is 22.9. The van der Waals surface area contributed by atoms with Crippen molar-refractivity contribution >= 4 is 60.2 Å². The van der Waals surface area contributed by atoms with E-state index in [1.807, 2.05) is 82.0 Å². The Labute approximate surface area is 498 Å². The number of aromatic nitrogens is 13. The summed E-state index contributed by atoms with van der Waals surface area (Å²) in [7, 11) is 5.82. The zero-order valence-electron chi connectivity index (χ0n) is 48.6. The van der Waals surface area contributed by atoms with Gasteiger partial charge in [-0.1, -0.05) is 6.08 Å². The Hall–Kier alpha value is -10.1. The van der Waals surface area contributed by atoms with Gasteiger partial charge in [0, 0.05) is 88.5 Å². The number of hydrogen-bond donors (Lipinski definition) is 2.